The molecule has 1 rings (SSSR count). The van der Waals surface area contributed by atoms with Gasteiger partial charge in [0.2, 0.25) is 0 Å². The number of hydrogen-bond donors (Lipinski definition) is 2. The molecule has 0 radical (unpaired) electrons. The summed E-state index contributed by atoms with van der Waals surface area (Å²) in [4.78, 5) is 2.34. The maximum Gasteiger partial charge on any atom is 0.0524 e. The topological polar surface area (TPSA) is 49.5 Å². The summed E-state index contributed by atoms with van der Waals surface area (Å²) >= 11 is 0. The fourth-order valence-electron chi connectivity index (χ4n) is 3.22. The molecule has 0 aromatic carbocycles. The van der Waals surface area contributed by atoms with E-state index in [4.69, 9.17) is 5.73 Å². The van der Waals surface area contributed by atoms with Crippen LogP contribution in [0.5, 0.6) is 0 Å². The summed E-state index contributed by atoms with van der Waals surface area (Å²) in [5, 5.41) is 9.32. The standard InChI is InChI=1S/C14H30N2O/c1-12-5-4-7-14(9-12,10-15)11-16(3)8-6-13(2)17/h12-13,17H,4-11,15H2,1-3H3. The Morgan fingerprint density at radius 3 is 2.76 bits per heavy atom. The summed E-state index contributed by atoms with van der Waals surface area (Å²) in [6.07, 6.45) is 5.88. The maximum absolute atomic E-state index is 9.32. The van der Waals surface area contributed by atoms with Crippen molar-refractivity contribution in [2.75, 3.05) is 26.7 Å². The second-order valence-corrected chi connectivity index (χ2v) is 6.28. The van der Waals surface area contributed by atoms with Crippen molar-refractivity contribution in [2.45, 2.75) is 52.1 Å². The molecule has 0 aliphatic heterocycles. The third-order valence-electron chi connectivity index (χ3n) is 4.15. The van der Waals surface area contributed by atoms with Crippen LogP contribution in [-0.4, -0.2) is 42.8 Å². The summed E-state index contributed by atoms with van der Waals surface area (Å²) in [6, 6.07) is 0. The molecule has 0 aromatic rings. The molecule has 1 aliphatic carbocycles. The van der Waals surface area contributed by atoms with E-state index in [-0.39, 0.29) is 6.10 Å². The minimum absolute atomic E-state index is 0.198. The van der Waals surface area contributed by atoms with Gasteiger partial charge in [-0.1, -0.05) is 19.8 Å². The van der Waals surface area contributed by atoms with E-state index in [9.17, 15) is 5.11 Å². The average Bonchev–Trinajstić information content (AvgIpc) is 2.26. The second-order valence-electron chi connectivity index (χ2n) is 6.28. The Labute approximate surface area is 106 Å². The molecule has 17 heavy (non-hydrogen) atoms. The van der Waals surface area contributed by atoms with Crippen LogP contribution in [0.25, 0.3) is 0 Å². The van der Waals surface area contributed by atoms with Crippen LogP contribution in [0.3, 0.4) is 0 Å². The highest BCUT2D eigenvalue weighted by Crippen LogP contribution is 2.39. The summed E-state index contributed by atoms with van der Waals surface area (Å²) in [7, 11) is 2.15. The van der Waals surface area contributed by atoms with E-state index in [2.05, 4.69) is 18.9 Å². The Morgan fingerprint density at radius 1 is 1.53 bits per heavy atom. The van der Waals surface area contributed by atoms with E-state index in [1.54, 1.807) is 0 Å². The lowest BCUT2D eigenvalue weighted by Crippen LogP contribution is -2.44. The molecular formula is C14H30N2O. The van der Waals surface area contributed by atoms with E-state index in [1.807, 2.05) is 6.92 Å². The van der Waals surface area contributed by atoms with E-state index in [0.29, 0.717) is 5.41 Å². The van der Waals surface area contributed by atoms with Crippen molar-refractivity contribution in [2.24, 2.45) is 17.1 Å². The highest BCUT2D eigenvalue weighted by atomic mass is 16.3. The fourth-order valence-corrected chi connectivity index (χ4v) is 3.22. The molecule has 3 heteroatoms. The van der Waals surface area contributed by atoms with Crippen LogP contribution >= 0.6 is 0 Å². The smallest absolute Gasteiger partial charge is 0.0524 e. The van der Waals surface area contributed by atoms with Crippen LogP contribution in [0, 0.1) is 11.3 Å². The Balaban J connectivity index is 2.44. The number of nitrogens with zero attached hydrogens (tertiary/aromatic N) is 1. The molecule has 1 fully saturated rings. The normalized spacial score (nSPS) is 31.8. The number of rotatable bonds is 6. The molecule has 0 spiro atoms. The molecule has 1 aliphatic rings. The average molecular weight is 242 g/mol. The quantitative estimate of drug-likeness (QED) is 0.747. The first kappa shape index (κ1) is 14.9. The monoisotopic (exact) mass is 242 g/mol. The highest BCUT2D eigenvalue weighted by molar-refractivity contribution is 4.88. The van der Waals surface area contributed by atoms with Crippen molar-refractivity contribution in [3.63, 3.8) is 0 Å². The van der Waals surface area contributed by atoms with Crippen LogP contribution in [0.2, 0.25) is 0 Å². The fraction of sp³-hybridized carbons (Fsp3) is 1.00. The number of aliphatic hydroxyl groups is 1. The third-order valence-corrected chi connectivity index (χ3v) is 4.15. The maximum atomic E-state index is 9.32. The zero-order chi connectivity index (χ0) is 12.9. The molecule has 1 saturated carbocycles. The predicted octanol–water partition coefficient (Wildman–Crippen LogP) is 1.84. The van der Waals surface area contributed by atoms with Crippen LogP contribution in [0.1, 0.15) is 46.0 Å². The van der Waals surface area contributed by atoms with Gasteiger partial charge in [-0.15, -0.1) is 0 Å². The van der Waals surface area contributed by atoms with Gasteiger partial charge >= 0.3 is 0 Å². The Morgan fingerprint density at radius 2 is 2.24 bits per heavy atom. The van der Waals surface area contributed by atoms with Gasteiger partial charge in [0, 0.05) is 13.1 Å². The molecule has 102 valence electrons. The van der Waals surface area contributed by atoms with Gasteiger partial charge in [0.05, 0.1) is 6.10 Å². The summed E-state index contributed by atoms with van der Waals surface area (Å²) in [6.45, 7) is 7.05. The zero-order valence-electron chi connectivity index (χ0n) is 11.8. The van der Waals surface area contributed by atoms with Gasteiger partial charge in [-0.05, 0) is 51.1 Å². The molecule has 3 unspecified atom stereocenters. The van der Waals surface area contributed by atoms with Crippen molar-refractivity contribution in [3.05, 3.63) is 0 Å². The lowest BCUT2D eigenvalue weighted by Gasteiger charge is -2.42. The third kappa shape index (κ3) is 4.94. The predicted molar refractivity (Wildman–Crippen MR) is 72.9 cm³/mol. The SMILES string of the molecule is CC(O)CCN(C)CC1(CN)CCCC(C)C1. The molecule has 0 heterocycles. The first-order valence-electron chi connectivity index (χ1n) is 7.04. The van der Waals surface area contributed by atoms with Crippen molar-refractivity contribution in [1.82, 2.24) is 4.90 Å². The molecule has 0 saturated heterocycles. The second kappa shape index (κ2) is 6.72. The Kier molecular flexibility index (Phi) is 5.90. The van der Waals surface area contributed by atoms with Crippen LogP contribution < -0.4 is 5.73 Å². The van der Waals surface area contributed by atoms with Crippen LogP contribution in [-0.2, 0) is 0 Å². The molecule has 3 nitrogen and oxygen atoms in total. The molecule has 0 aromatic heterocycles. The molecule has 0 bridgehead atoms. The lowest BCUT2D eigenvalue weighted by molar-refractivity contribution is 0.0902. The van der Waals surface area contributed by atoms with Crippen molar-refractivity contribution >= 4 is 0 Å². The highest BCUT2D eigenvalue weighted by Gasteiger charge is 2.34. The molecule has 3 N–H and O–H groups in total. The lowest BCUT2D eigenvalue weighted by atomic mass is 9.70. The minimum atomic E-state index is -0.198. The first-order chi connectivity index (χ1) is 7.97. The van der Waals surface area contributed by atoms with Gasteiger partial charge < -0.3 is 15.7 Å². The van der Waals surface area contributed by atoms with E-state index in [0.717, 1.165) is 32.0 Å². The summed E-state index contributed by atoms with van der Waals surface area (Å²) in [5.74, 6) is 0.817. The van der Waals surface area contributed by atoms with Crippen molar-refractivity contribution in [3.8, 4) is 0 Å². The van der Waals surface area contributed by atoms with Crippen LogP contribution in [0.4, 0.5) is 0 Å². The summed E-state index contributed by atoms with van der Waals surface area (Å²) in [5.41, 5.74) is 6.35. The first-order valence-corrected chi connectivity index (χ1v) is 7.04. The number of aliphatic hydroxyl groups excluding tert-OH is 1. The van der Waals surface area contributed by atoms with E-state index in [1.165, 1.54) is 25.7 Å². The Bertz CT molecular complexity index is 220. The molecule has 0 amide bonds. The van der Waals surface area contributed by atoms with Gasteiger partial charge in [0.25, 0.3) is 0 Å². The van der Waals surface area contributed by atoms with Crippen molar-refractivity contribution < 1.29 is 5.11 Å². The van der Waals surface area contributed by atoms with Gasteiger partial charge in [0.1, 0.15) is 0 Å². The van der Waals surface area contributed by atoms with Gasteiger partial charge in [-0.25, -0.2) is 0 Å². The zero-order valence-corrected chi connectivity index (χ0v) is 11.8. The minimum Gasteiger partial charge on any atom is -0.393 e. The molecular weight excluding hydrogens is 212 g/mol. The van der Waals surface area contributed by atoms with Gasteiger partial charge in [0.15, 0.2) is 0 Å². The van der Waals surface area contributed by atoms with Crippen LogP contribution in [0.15, 0.2) is 0 Å². The van der Waals surface area contributed by atoms with Gasteiger partial charge in [-0.2, -0.15) is 0 Å². The van der Waals surface area contributed by atoms with E-state index < -0.39 is 0 Å². The number of nitrogens with two attached hydrogens (primary N) is 1. The van der Waals surface area contributed by atoms with Gasteiger partial charge in [-0.3, -0.25) is 0 Å². The van der Waals surface area contributed by atoms with E-state index >= 15 is 0 Å². The number of hydrogen-bond acceptors (Lipinski definition) is 3. The van der Waals surface area contributed by atoms with Crippen molar-refractivity contribution in [1.29, 1.82) is 0 Å². The molecule has 3 atom stereocenters. The largest absolute Gasteiger partial charge is 0.393 e. The summed E-state index contributed by atoms with van der Waals surface area (Å²) < 4.78 is 0. The Hall–Kier alpha value is -0.120.